The molecule has 6 heteroatoms. The molecule has 5 heterocycles. The summed E-state index contributed by atoms with van der Waals surface area (Å²) in [6.45, 7) is 0. The molecule has 7 aromatic carbocycles. The molecule has 0 N–H and O–H groups in total. The standard InChI is InChI=1S/C50H32N4OSi/c1-3-13-33(14-4-1)56(34-15-5-2-6-16-34,35-22-24-37-38-17-7-9-19-44(38)53-30-29-52-50(53)43(37)31-35)36-23-25-39-41-26-27-42-40-18-8-10-20-46(40)55-49(42)48(41)54(45(39)32-36)47-21-11-12-28-51-47/h1-32H. The van der Waals surface area contributed by atoms with Crippen molar-refractivity contribution in [2.45, 2.75) is 0 Å². The number of fused-ring (bicyclic) bond motifs is 13. The highest BCUT2D eigenvalue weighted by Crippen LogP contribution is 2.40. The summed E-state index contributed by atoms with van der Waals surface area (Å²) in [6.07, 6.45) is 5.86. The highest BCUT2D eigenvalue weighted by molar-refractivity contribution is 7.20. The maximum Gasteiger partial charge on any atom is 0.179 e. The fraction of sp³-hybridized carbons (Fsp3) is 0. The van der Waals surface area contributed by atoms with Crippen molar-refractivity contribution in [3.05, 3.63) is 195 Å². The van der Waals surface area contributed by atoms with Crippen molar-refractivity contribution in [3.63, 3.8) is 0 Å². The average Bonchev–Trinajstić information content (AvgIpc) is 4.00. The normalized spacial score (nSPS) is 12.3. The van der Waals surface area contributed by atoms with E-state index >= 15 is 0 Å². The van der Waals surface area contributed by atoms with Crippen LogP contribution in [0.4, 0.5) is 0 Å². The lowest BCUT2D eigenvalue weighted by Crippen LogP contribution is -2.74. The SMILES string of the molecule is c1ccc([Si](c2ccccc2)(c2ccc3c4ccccc4n4ccnc4c3c2)c2ccc3c4ccc5c6ccccc6oc5c4n(-c4ccccn4)c3c2)cc1. The summed E-state index contributed by atoms with van der Waals surface area (Å²) in [7, 11) is -3.02. The van der Waals surface area contributed by atoms with Gasteiger partial charge < -0.3 is 4.42 Å². The van der Waals surface area contributed by atoms with Crippen molar-refractivity contribution in [2.75, 3.05) is 0 Å². The number of benzene rings is 7. The van der Waals surface area contributed by atoms with Gasteiger partial charge in [0, 0.05) is 50.9 Å². The third-order valence-electron chi connectivity index (χ3n) is 11.8. The van der Waals surface area contributed by atoms with E-state index in [1.54, 1.807) is 0 Å². The summed E-state index contributed by atoms with van der Waals surface area (Å²) >= 11 is 0. The fourth-order valence-electron chi connectivity index (χ4n) is 9.42. The molecule has 0 unspecified atom stereocenters. The number of hydrogen-bond acceptors (Lipinski definition) is 3. The average molecular weight is 733 g/mol. The van der Waals surface area contributed by atoms with Crippen molar-refractivity contribution in [1.82, 2.24) is 18.9 Å². The number of furan rings is 1. The molecule has 5 aromatic heterocycles. The van der Waals surface area contributed by atoms with Gasteiger partial charge in [-0.1, -0.05) is 140 Å². The zero-order chi connectivity index (χ0) is 36.8. The number of para-hydroxylation sites is 2. The van der Waals surface area contributed by atoms with Crippen molar-refractivity contribution >= 4 is 99.9 Å². The third-order valence-corrected chi connectivity index (χ3v) is 16.5. The van der Waals surface area contributed by atoms with Gasteiger partial charge >= 0.3 is 0 Å². The van der Waals surface area contributed by atoms with Gasteiger partial charge in [0.25, 0.3) is 0 Å². The minimum Gasteiger partial charge on any atom is -0.454 e. The molecule has 0 aliphatic rings. The van der Waals surface area contributed by atoms with Crippen LogP contribution in [0.3, 0.4) is 0 Å². The minimum atomic E-state index is -3.02. The maximum absolute atomic E-state index is 6.71. The molecular weight excluding hydrogens is 701 g/mol. The van der Waals surface area contributed by atoms with Gasteiger partial charge in [-0.05, 0) is 62.5 Å². The molecule has 0 amide bonds. The van der Waals surface area contributed by atoms with Gasteiger partial charge in [0.2, 0.25) is 0 Å². The van der Waals surface area contributed by atoms with E-state index in [4.69, 9.17) is 14.4 Å². The molecule has 0 saturated carbocycles. The Balaban J connectivity index is 1.24. The largest absolute Gasteiger partial charge is 0.454 e. The lowest BCUT2D eigenvalue weighted by atomic mass is 10.1. The van der Waals surface area contributed by atoms with Crippen LogP contribution >= 0.6 is 0 Å². The lowest BCUT2D eigenvalue weighted by Gasteiger charge is -2.35. The topological polar surface area (TPSA) is 48.3 Å². The number of nitrogens with zero attached hydrogens (tertiary/aromatic N) is 4. The van der Waals surface area contributed by atoms with Crippen LogP contribution < -0.4 is 20.7 Å². The molecule has 262 valence electrons. The summed E-state index contributed by atoms with van der Waals surface area (Å²) < 4.78 is 11.3. The molecule has 0 aliphatic carbocycles. The van der Waals surface area contributed by atoms with Gasteiger partial charge in [0.1, 0.15) is 17.0 Å². The molecule has 0 fully saturated rings. The van der Waals surface area contributed by atoms with Crippen LogP contribution in [0.1, 0.15) is 0 Å². The van der Waals surface area contributed by atoms with Gasteiger partial charge in [0.15, 0.2) is 13.7 Å². The van der Waals surface area contributed by atoms with Crippen molar-refractivity contribution in [2.24, 2.45) is 0 Å². The first-order chi connectivity index (χ1) is 27.8. The Bertz CT molecular complexity index is 3440. The summed E-state index contributed by atoms with van der Waals surface area (Å²) in [5, 5.41) is 13.3. The Morgan fingerprint density at radius 2 is 1.07 bits per heavy atom. The number of aromatic nitrogens is 4. The molecule has 0 spiro atoms. The van der Waals surface area contributed by atoms with Gasteiger partial charge in [-0.15, -0.1) is 0 Å². The number of imidazole rings is 1. The molecule has 0 bridgehead atoms. The quantitative estimate of drug-likeness (QED) is 0.101. The Kier molecular flexibility index (Phi) is 6.59. The zero-order valence-electron chi connectivity index (χ0n) is 30.2. The second-order valence-electron chi connectivity index (χ2n) is 14.6. The lowest BCUT2D eigenvalue weighted by molar-refractivity contribution is 0.671. The van der Waals surface area contributed by atoms with Gasteiger partial charge in [-0.2, -0.15) is 0 Å². The molecule has 12 rings (SSSR count). The predicted molar refractivity (Wildman–Crippen MR) is 233 cm³/mol. The van der Waals surface area contributed by atoms with E-state index in [-0.39, 0.29) is 0 Å². The predicted octanol–water partition coefficient (Wildman–Crippen LogP) is 9.41. The first-order valence-electron chi connectivity index (χ1n) is 19.0. The molecule has 0 atom stereocenters. The highest BCUT2D eigenvalue weighted by Gasteiger charge is 2.42. The second-order valence-corrected chi connectivity index (χ2v) is 18.4. The van der Waals surface area contributed by atoms with Crippen molar-refractivity contribution < 1.29 is 4.42 Å². The highest BCUT2D eigenvalue weighted by atomic mass is 28.3. The second kappa shape index (κ2) is 11.9. The van der Waals surface area contributed by atoms with E-state index in [1.807, 2.05) is 24.5 Å². The monoisotopic (exact) mass is 732 g/mol. The molecule has 12 aromatic rings. The number of pyridine rings is 2. The maximum atomic E-state index is 6.71. The van der Waals surface area contributed by atoms with Crippen molar-refractivity contribution in [1.29, 1.82) is 0 Å². The van der Waals surface area contributed by atoms with E-state index < -0.39 is 8.07 Å². The van der Waals surface area contributed by atoms with E-state index in [2.05, 4.69) is 179 Å². The van der Waals surface area contributed by atoms with Gasteiger partial charge in [-0.3, -0.25) is 8.97 Å². The van der Waals surface area contributed by atoms with Crippen LogP contribution in [-0.4, -0.2) is 27.0 Å². The number of hydrogen-bond donors (Lipinski definition) is 0. The Hall–Kier alpha value is -7.28. The van der Waals surface area contributed by atoms with Crippen LogP contribution in [0.25, 0.3) is 76.9 Å². The number of rotatable bonds is 5. The first-order valence-corrected chi connectivity index (χ1v) is 21.0. The smallest absolute Gasteiger partial charge is 0.179 e. The van der Waals surface area contributed by atoms with Gasteiger partial charge in [0.05, 0.1) is 16.6 Å². The third kappa shape index (κ3) is 4.24. The van der Waals surface area contributed by atoms with E-state index in [0.29, 0.717) is 0 Å². The Morgan fingerprint density at radius 1 is 0.429 bits per heavy atom. The minimum absolute atomic E-state index is 0.851. The van der Waals surface area contributed by atoms with Crippen LogP contribution in [0.2, 0.25) is 0 Å². The van der Waals surface area contributed by atoms with E-state index in [0.717, 1.165) is 66.1 Å². The van der Waals surface area contributed by atoms with E-state index in [1.165, 1.54) is 31.5 Å². The summed E-state index contributed by atoms with van der Waals surface area (Å²) in [6, 6.07) is 64.1. The summed E-state index contributed by atoms with van der Waals surface area (Å²) in [4.78, 5) is 9.90. The molecule has 5 nitrogen and oxygen atoms in total. The van der Waals surface area contributed by atoms with Crippen LogP contribution in [-0.2, 0) is 0 Å². The van der Waals surface area contributed by atoms with E-state index in [9.17, 15) is 0 Å². The summed E-state index contributed by atoms with van der Waals surface area (Å²) in [5.74, 6) is 0.851. The Morgan fingerprint density at radius 3 is 1.86 bits per heavy atom. The van der Waals surface area contributed by atoms with Crippen molar-refractivity contribution in [3.8, 4) is 5.82 Å². The zero-order valence-corrected chi connectivity index (χ0v) is 31.2. The van der Waals surface area contributed by atoms with Crippen LogP contribution in [0, 0.1) is 0 Å². The Labute approximate surface area is 322 Å². The summed E-state index contributed by atoms with van der Waals surface area (Å²) in [5.41, 5.74) is 5.98. The molecule has 56 heavy (non-hydrogen) atoms. The molecule has 0 saturated heterocycles. The first kappa shape index (κ1) is 31.1. The van der Waals surface area contributed by atoms with Gasteiger partial charge in [-0.25, -0.2) is 9.97 Å². The van der Waals surface area contributed by atoms with Crippen LogP contribution in [0.5, 0.6) is 0 Å². The molecular formula is C50H32N4OSi. The molecule has 0 aliphatic heterocycles. The van der Waals surface area contributed by atoms with Crippen LogP contribution in [0.15, 0.2) is 199 Å². The molecule has 0 radical (unpaired) electrons. The fourth-order valence-corrected chi connectivity index (χ4v) is 14.2.